The maximum atomic E-state index is 9.80. The van der Waals surface area contributed by atoms with Gasteiger partial charge in [0.25, 0.3) is 0 Å². The van der Waals surface area contributed by atoms with Crippen molar-refractivity contribution in [2.24, 2.45) is 5.16 Å². The number of hydrogen-bond acceptors (Lipinski definition) is 4. The Hall–Kier alpha value is -1.55. The molecule has 0 aliphatic carbocycles. The van der Waals surface area contributed by atoms with Gasteiger partial charge in [-0.05, 0) is 51.0 Å². The number of hydrogen-bond donors (Lipinski definition) is 1. The molecule has 0 saturated carbocycles. The van der Waals surface area contributed by atoms with Gasteiger partial charge in [-0.3, -0.25) is 0 Å². The Bertz CT molecular complexity index is 482. The minimum atomic E-state index is -0.519. The molecule has 0 aromatic heterocycles. The predicted molar refractivity (Wildman–Crippen MR) is 74.6 cm³/mol. The average molecular weight is 263 g/mol. The molecule has 0 saturated heterocycles. The Morgan fingerprint density at radius 1 is 1.42 bits per heavy atom. The highest BCUT2D eigenvalue weighted by atomic mass is 16.6. The first-order valence-electron chi connectivity index (χ1n) is 6.69. The van der Waals surface area contributed by atoms with E-state index < -0.39 is 6.10 Å². The van der Waals surface area contributed by atoms with Crippen LogP contribution >= 0.6 is 0 Å². The molecule has 1 aromatic carbocycles. The van der Waals surface area contributed by atoms with Crippen molar-refractivity contribution in [3.05, 3.63) is 29.3 Å². The van der Waals surface area contributed by atoms with E-state index in [2.05, 4.69) is 5.16 Å². The van der Waals surface area contributed by atoms with E-state index in [-0.39, 0.29) is 12.0 Å². The molecule has 1 N–H and O–H groups in total. The highest BCUT2D eigenvalue weighted by molar-refractivity contribution is 5.90. The summed E-state index contributed by atoms with van der Waals surface area (Å²) in [6.45, 7) is 8.27. The molecule has 4 nitrogen and oxygen atoms in total. The topological polar surface area (TPSA) is 51.0 Å². The molecule has 3 unspecified atom stereocenters. The van der Waals surface area contributed by atoms with Crippen molar-refractivity contribution in [3.63, 3.8) is 0 Å². The molecule has 4 heteroatoms. The predicted octanol–water partition coefficient (Wildman–Crippen LogP) is 3.02. The molecule has 0 fully saturated rings. The third kappa shape index (κ3) is 2.89. The molecule has 104 valence electrons. The lowest BCUT2D eigenvalue weighted by molar-refractivity contribution is 0.0904. The number of benzene rings is 1. The van der Waals surface area contributed by atoms with E-state index in [1.807, 2.05) is 39.0 Å². The summed E-state index contributed by atoms with van der Waals surface area (Å²) in [5, 5.41) is 13.8. The van der Waals surface area contributed by atoms with Crippen LogP contribution < -0.4 is 4.74 Å². The number of oxime groups is 1. The second-order valence-electron chi connectivity index (χ2n) is 4.97. The van der Waals surface area contributed by atoms with Gasteiger partial charge in [0.05, 0.1) is 24.3 Å². The molecule has 0 amide bonds. The minimum absolute atomic E-state index is 0.0127. The SMILES string of the molecule is CCOc1cc(C(C)O)cc(C2C(C)=NOC2C)c1. The quantitative estimate of drug-likeness (QED) is 0.908. The van der Waals surface area contributed by atoms with Crippen LogP contribution in [0.3, 0.4) is 0 Å². The van der Waals surface area contributed by atoms with Crippen molar-refractivity contribution in [2.45, 2.75) is 45.8 Å². The lowest BCUT2D eigenvalue weighted by Gasteiger charge is -2.18. The first-order chi connectivity index (χ1) is 9.02. The summed E-state index contributed by atoms with van der Waals surface area (Å²) in [4.78, 5) is 5.32. The van der Waals surface area contributed by atoms with Crippen LogP contribution in [0.4, 0.5) is 0 Å². The van der Waals surface area contributed by atoms with E-state index in [4.69, 9.17) is 9.57 Å². The largest absolute Gasteiger partial charge is 0.494 e. The van der Waals surface area contributed by atoms with Crippen molar-refractivity contribution < 1.29 is 14.7 Å². The molecular weight excluding hydrogens is 242 g/mol. The van der Waals surface area contributed by atoms with Gasteiger partial charge in [-0.25, -0.2) is 0 Å². The van der Waals surface area contributed by atoms with Gasteiger partial charge in [0.2, 0.25) is 0 Å². The second kappa shape index (κ2) is 5.61. The Labute approximate surface area is 114 Å². The first kappa shape index (κ1) is 13.9. The normalized spacial score (nSPS) is 23.7. The van der Waals surface area contributed by atoms with Crippen LogP contribution in [0.1, 0.15) is 50.8 Å². The fraction of sp³-hybridized carbons (Fsp3) is 0.533. The molecular formula is C15H21NO3. The molecule has 1 aliphatic heterocycles. The molecule has 1 heterocycles. The van der Waals surface area contributed by atoms with Crippen LogP contribution in [0, 0.1) is 0 Å². The number of rotatable bonds is 4. The number of aliphatic hydroxyl groups is 1. The standard InChI is InChI=1S/C15H21NO3/c1-5-18-14-7-12(10(3)17)6-13(8-14)15-9(2)16-19-11(15)4/h6-8,10-11,15,17H,5H2,1-4H3. The summed E-state index contributed by atoms with van der Waals surface area (Å²) < 4.78 is 5.58. The number of nitrogens with zero attached hydrogens (tertiary/aromatic N) is 1. The lowest BCUT2D eigenvalue weighted by Crippen LogP contribution is -2.17. The van der Waals surface area contributed by atoms with Gasteiger partial charge in [0.1, 0.15) is 11.9 Å². The highest BCUT2D eigenvalue weighted by Gasteiger charge is 2.30. The van der Waals surface area contributed by atoms with Crippen LogP contribution in [0.15, 0.2) is 23.4 Å². The lowest BCUT2D eigenvalue weighted by atomic mass is 9.89. The fourth-order valence-electron chi connectivity index (χ4n) is 2.45. The number of aliphatic hydroxyl groups excluding tert-OH is 1. The molecule has 0 radical (unpaired) electrons. The van der Waals surface area contributed by atoms with Gasteiger partial charge in [0, 0.05) is 0 Å². The summed E-state index contributed by atoms with van der Waals surface area (Å²) in [7, 11) is 0. The van der Waals surface area contributed by atoms with E-state index in [9.17, 15) is 5.11 Å². The maximum Gasteiger partial charge on any atom is 0.136 e. The second-order valence-corrected chi connectivity index (χ2v) is 4.97. The third-order valence-corrected chi connectivity index (χ3v) is 3.39. The zero-order valence-corrected chi connectivity index (χ0v) is 11.9. The van der Waals surface area contributed by atoms with Crippen LogP contribution in [0.25, 0.3) is 0 Å². The van der Waals surface area contributed by atoms with Crippen molar-refractivity contribution in [2.75, 3.05) is 6.61 Å². The van der Waals surface area contributed by atoms with E-state index in [1.54, 1.807) is 6.92 Å². The van der Waals surface area contributed by atoms with Crippen molar-refractivity contribution in [3.8, 4) is 5.75 Å². The fourth-order valence-corrected chi connectivity index (χ4v) is 2.45. The Balaban J connectivity index is 2.41. The van der Waals surface area contributed by atoms with Crippen LogP contribution in [-0.4, -0.2) is 23.5 Å². The maximum absolute atomic E-state index is 9.80. The van der Waals surface area contributed by atoms with Crippen molar-refractivity contribution >= 4 is 5.71 Å². The molecule has 2 rings (SSSR count). The van der Waals surface area contributed by atoms with E-state index >= 15 is 0 Å². The first-order valence-corrected chi connectivity index (χ1v) is 6.69. The van der Waals surface area contributed by atoms with Crippen molar-refractivity contribution in [1.82, 2.24) is 0 Å². The summed E-state index contributed by atoms with van der Waals surface area (Å²) in [6, 6.07) is 5.89. The zero-order chi connectivity index (χ0) is 14.0. The average Bonchev–Trinajstić information content (AvgIpc) is 2.69. The van der Waals surface area contributed by atoms with E-state index in [0.29, 0.717) is 6.61 Å². The molecule has 19 heavy (non-hydrogen) atoms. The van der Waals surface area contributed by atoms with Crippen LogP contribution in [0.5, 0.6) is 5.75 Å². The summed E-state index contributed by atoms with van der Waals surface area (Å²) in [5.41, 5.74) is 2.89. The smallest absolute Gasteiger partial charge is 0.136 e. The van der Waals surface area contributed by atoms with Crippen LogP contribution in [-0.2, 0) is 4.84 Å². The minimum Gasteiger partial charge on any atom is -0.494 e. The molecule has 1 aromatic rings. The van der Waals surface area contributed by atoms with E-state index in [1.165, 1.54) is 0 Å². The Kier molecular flexibility index (Phi) is 4.10. The van der Waals surface area contributed by atoms with Gasteiger partial charge in [-0.1, -0.05) is 11.2 Å². The Morgan fingerprint density at radius 3 is 2.68 bits per heavy atom. The number of ether oxygens (including phenoxy) is 1. The highest BCUT2D eigenvalue weighted by Crippen LogP contribution is 2.33. The molecule has 1 aliphatic rings. The van der Waals surface area contributed by atoms with Gasteiger partial charge in [-0.15, -0.1) is 0 Å². The van der Waals surface area contributed by atoms with Crippen molar-refractivity contribution in [1.29, 1.82) is 0 Å². The van der Waals surface area contributed by atoms with E-state index in [0.717, 1.165) is 22.6 Å². The molecule has 3 atom stereocenters. The molecule has 0 bridgehead atoms. The van der Waals surface area contributed by atoms with Gasteiger partial charge >= 0.3 is 0 Å². The van der Waals surface area contributed by atoms with Crippen LogP contribution in [0.2, 0.25) is 0 Å². The molecule has 0 spiro atoms. The van der Waals surface area contributed by atoms with Gasteiger partial charge in [-0.2, -0.15) is 0 Å². The summed E-state index contributed by atoms with van der Waals surface area (Å²) >= 11 is 0. The summed E-state index contributed by atoms with van der Waals surface area (Å²) in [5.74, 6) is 0.903. The summed E-state index contributed by atoms with van der Waals surface area (Å²) in [6.07, 6.45) is -0.507. The zero-order valence-electron chi connectivity index (χ0n) is 11.9. The Morgan fingerprint density at radius 2 is 2.16 bits per heavy atom. The van der Waals surface area contributed by atoms with Gasteiger partial charge < -0.3 is 14.7 Å². The van der Waals surface area contributed by atoms with Gasteiger partial charge in [0.15, 0.2) is 0 Å². The third-order valence-electron chi connectivity index (χ3n) is 3.39. The monoisotopic (exact) mass is 263 g/mol.